The first-order valence-corrected chi connectivity index (χ1v) is 16.0. The predicted octanol–water partition coefficient (Wildman–Crippen LogP) is 8.59. The minimum atomic E-state index is -1.02. The maximum absolute atomic E-state index is 12.2. The highest BCUT2D eigenvalue weighted by molar-refractivity contribution is 5.89. The molecule has 2 aromatic carbocycles. The molecule has 244 valence electrons. The maximum atomic E-state index is 12.2. The summed E-state index contributed by atoms with van der Waals surface area (Å²) in [5, 5.41) is 0. The van der Waals surface area contributed by atoms with Gasteiger partial charge in [-0.3, -0.25) is 0 Å². The Kier molecular flexibility index (Phi) is 12.2. The Hall–Kier alpha value is -4.08. The van der Waals surface area contributed by atoms with Gasteiger partial charge in [0.25, 0.3) is 0 Å². The molecule has 10 nitrogen and oxygen atoms in total. The molecule has 2 aliphatic carbocycles. The van der Waals surface area contributed by atoms with Crippen LogP contribution >= 0.6 is 0 Å². The Labute approximate surface area is 264 Å². The van der Waals surface area contributed by atoms with Gasteiger partial charge in [0.15, 0.2) is 0 Å². The lowest BCUT2D eigenvalue weighted by molar-refractivity contribution is -0.208. The monoisotopic (exact) mass is 624 g/mol. The minimum Gasteiger partial charge on any atom is -0.428 e. The van der Waals surface area contributed by atoms with Crippen LogP contribution in [0.1, 0.15) is 129 Å². The average Bonchev–Trinajstić information content (AvgIpc) is 3.04. The van der Waals surface area contributed by atoms with E-state index in [1.165, 1.54) is 0 Å². The van der Waals surface area contributed by atoms with Gasteiger partial charge in [-0.1, -0.05) is 52.0 Å². The summed E-state index contributed by atoms with van der Waals surface area (Å²) in [7, 11) is 0. The van der Waals surface area contributed by atoms with Gasteiger partial charge in [-0.15, -0.1) is 0 Å². The van der Waals surface area contributed by atoms with Crippen molar-refractivity contribution in [3.63, 3.8) is 0 Å². The fourth-order valence-electron chi connectivity index (χ4n) is 6.00. The second-order valence-corrected chi connectivity index (χ2v) is 12.7. The van der Waals surface area contributed by atoms with Crippen molar-refractivity contribution in [1.29, 1.82) is 0 Å². The molecule has 0 bridgehead atoms. The lowest BCUT2D eigenvalue weighted by Gasteiger charge is -2.33. The van der Waals surface area contributed by atoms with Crippen molar-refractivity contribution in [3.8, 4) is 0 Å². The summed E-state index contributed by atoms with van der Waals surface area (Å²) in [6.45, 7) is 8.23. The molecule has 2 aromatic rings. The molecular formula is C35H44O10. The van der Waals surface area contributed by atoms with E-state index in [4.69, 9.17) is 9.47 Å². The molecule has 0 amide bonds. The normalized spacial score (nSPS) is 21.5. The van der Waals surface area contributed by atoms with Gasteiger partial charge < -0.3 is 9.47 Å². The Morgan fingerprint density at radius 3 is 1.18 bits per heavy atom. The smallest absolute Gasteiger partial charge is 0.428 e. The molecule has 0 saturated heterocycles. The van der Waals surface area contributed by atoms with E-state index in [9.17, 15) is 19.2 Å². The fraction of sp³-hybridized carbons (Fsp3) is 0.543. The number of hydrogen-bond acceptors (Lipinski definition) is 10. The average molecular weight is 625 g/mol. The van der Waals surface area contributed by atoms with Gasteiger partial charge in [0.1, 0.15) is 12.2 Å². The van der Waals surface area contributed by atoms with Crippen molar-refractivity contribution >= 4 is 24.2 Å². The van der Waals surface area contributed by atoms with Gasteiger partial charge in [0, 0.05) is 0 Å². The Morgan fingerprint density at radius 1 is 0.533 bits per heavy atom. The summed E-state index contributed by atoms with van der Waals surface area (Å²) >= 11 is 0. The summed E-state index contributed by atoms with van der Waals surface area (Å²) in [6, 6.07) is 13.9. The van der Waals surface area contributed by atoms with E-state index in [1.807, 2.05) is 24.3 Å². The summed E-state index contributed by atoms with van der Waals surface area (Å²) in [4.78, 5) is 67.0. The predicted molar refractivity (Wildman–Crippen MR) is 163 cm³/mol. The number of benzene rings is 2. The van der Waals surface area contributed by atoms with Crippen LogP contribution in [0.5, 0.6) is 0 Å². The Bertz CT molecular complexity index is 1170. The minimum absolute atomic E-state index is 0.276. The summed E-state index contributed by atoms with van der Waals surface area (Å²) in [5.41, 5.74) is 2.76. The van der Waals surface area contributed by atoms with E-state index in [0.717, 1.165) is 68.9 Å². The highest BCUT2D eigenvalue weighted by Gasteiger charge is 2.30. The van der Waals surface area contributed by atoms with E-state index in [0.29, 0.717) is 23.7 Å². The second-order valence-electron chi connectivity index (χ2n) is 12.7. The molecule has 0 N–H and O–H groups in total. The first-order valence-electron chi connectivity index (χ1n) is 16.0. The van der Waals surface area contributed by atoms with Gasteiger partial charge in [-0.05, 0) is 117 Å². The molecule has 0 heterocycles. The molecule has 45 heavy (non-hydrogen) atoms. The lowest BCUT2D eigenvalue weighted by Crippen LogP contribution is -2.28. The third-order valence-corrected chi connectivity index (χ3v) is 8.78. The molecule has 4 rings (SSSR count). The van der Waals surface area contributed by atoms with Crippen LogP contribution in [0.3, 0.4) is 0 Å². The highest BCUT2D eigenvalue weighted by atomic mass is 17.2. The Balaban J connectivity index is 1.06. The molecule has 0 aliphatic heterocycles. The van der Waals surface area contributed by atoms with Crippen LogP contribution in [0.15, 0.2) is 48.5 Å². The number of carbonyl (C=O) groups excluding carboxylic acids is 4. The van der Waals surface area contributed by atoms with Crippen molar-refractivity contribution in [2.24, 2.45) is 11.8 Å². The van der Waals surface area contributed by atoms with Gasteiger partial charge in [0.05, 0.1) is 11.1 Å². The molecule has 0 radical (unpaired) electrons. The van der Waals surface area contributed by atoms with Crippen LogP contribution in [0, 0.1) is 11.8 Å². The largest absolute Gasteiger partial charge is 0.550 e. The van der Waals surface area contributed by atoms with Crippen molar-refractivity contribution < 1.29 is 48.2 Å². The standard InChI is InChI=1S/C35H44O10/c1-22(2)26-9-13-28(14-10-26)32(36)42-44-34(38)40-30-17-5-24(6-18-30)21-25-7-19-31(20-8-25)41-35(39)45-43-33(37)29-15-11-27(12-16-29)23(3)4/h9-16,22-25,30-31H,5-8,17-21H2,1-4H3. The van der Waals surface area contributed by atoms with Gasteiger partial charge >= 0.3 is 24.2 Å². The van der Waals surface area contributed by atoms with Crippen LogP contribution in [0.4, 0.5) is 9.59 Å². The van der Waals surface area contributed by atoms with E-state index in [-0.39, 0.29) is 23.3 Å². The van der Waals surface area contributed by atoms with Crippen LogP contribution < -0.4 is 0 Å². The van der Waals surface area contributed by atoms with Crippen molar-refractivity contribution in [2.45, 2.75) is 110 Å². The molecule has 0 aromatic heterocycles. The zero-order valence-corrected chi connectivity index (χ0v) is 26.5. The fourth-order valence-corrected chi connectivity index (χ4v) is 6.00. The SMILES string of the molecule is CC(C)c1ccc(C(=O)OOC(=O)OC2CCC(CC3CCC(OC(=O)OOC(=O)c4ccc(C(C)C)cc4)CC3)CC2)cc1. The number of carbonyl (C=O) groups is 4. The topological polar surface area (TPSA) is 124 Å². The highest BCUT2D eigenvalue weighted by Crippen LogP contribution is 2.37. The summed E-state index contributed by atoms with van der Waals surface area (Å²) in [6.07, 6.45) is 5.05. The van der Waals surface area contributed by atoms with E-state index in [2.05, 4.69) is 47.2 Å². The van der Waals surface area contributed by atoms with Crippen LogP contribution in [0.25, 0.3) is 0 Å². The molecule has 0 spiro atoms. The molecule has 0 atom stereocenters. The van der Waals surface area contributed by atoms with Gasteiger partial charge in [0.2, 0.25) is 0 Å². The number of hydrogen-bond donors (Lipinski definition) is 0. The number of rotatable bonds is 8. The lowest BCUT2D eigenvalue weighted by atomic mass is 9.76. The molecule has 2 saturated carbocycles. The van der Waals surface area contributed by atoms with Crippen LogP contribution in [-0.2, 0) is 29.0 Å². The zero-order chi connectivity index (χ0) is 32.3. The van der Waals surface area contributed by atoms with Crippen molar-refractivity contribution in [1.82, 2.24) is 0 Å². The maximum Gasteiger partial charge on any atom is 0.550 e. The van der Waals surface area contributed by atoms with Crippen LogP contribution in [-0.4, -0.2) is 36.5 Å². The second kappa shape index (κ2) is 16.3. The van der Waals surface area contributed by atoms with Gasteiger partial charge in [-0.25, -0.2) is 29.1 Å². The molecule has 10 heteroatoms. The summed E-state index contributed by atoms with van der Waals surface area (Å²) < 4.78 is 10.7. The van der Waals surface area contributed by atoms with E-state index in [1.54, 1.807) is 24.3 Å². The molecule has 0 unspecified atom stereocenters. The van der Waals surface area contributed by atoms with Crippen molar-refractivity contribution in [2.75, 3.05) is 0 Å². The first kappa shape index (κ1) is 33.8. The third kappa shape index (κ3) is 10.5. The third-order valence-electron chi connectivity index (χ3n) is 8.78. The molecule has 2 aliphatic rings. The first-order chi connectivity index (χ1) is 21.6. The quantitative estimate of drug-likeness (QED) is 0.160. The molecule has 2 fully saturated rings. The van der Waals surface area contributed by atoms with E-state index >= 15 is 0 Å². The Morgan fingerprint density at radius 2 is 0.867 bits per heavy atom. The zero-order valence-electron chi connectivity index (χ0n) is 26.5. The van der Waals surface area contributed by atoms with Crippen LogP contribution in [0.2, 0.25) is 0 Å². The molecular weight excluding hydrogens is 580 g/mol. The van der Waals surface area contributed by atoms with Crippen molar-refractivity contribution in [3.05, 3.63) is 70.8 Å². The van der Waals surface area contributed by atoms with E-state index < -0.39 is 24.2 Å². The number of ether oxygens (including phenoxy) is 2. The summed E-state index contributed by atoms with van der Waals surface area (Å²) in [5.74, 6) is 0.208. The van der Waals surface area contributed by atoms with Gasteiger partial charge in [-0.2, -0.15) is 9.59 Å².